The van der Waals surface area contributed by atoms with Crippen molar-refractivity contribution in [2.24, 2.45) is 5.92 Å². The number of likely N-dealkylation sites (N-methyl/N-ethyl adjacent to an activating group) is 1. The third-order valence-corrected chi connectivity index (χ3v) is 3.64. The number of carboxylic acid groups (broad SMARTS) is 1. The summed E-state index contributed by atoms with van der Waals surface area (Å²) in [5.41, 5.74) is 0.479. The second-order valence-corrected chi connectivity index (χ2v) is 5.26. The van der Waals surface area contributed by atoms with E-state index >= 15 is 0 Å². The molecule has 0 bridgehead atoms. The molecule has 21 heavy (non-hydrogen) atoms. The highest BCUT2D eigenvalue weighted by atomic mass is 16.5. The van der Waals surface area contributed by atoms with Gasteiger partial charge in [0.05, 0.1) is 19.3 Å². The van der Waals surface area contributed by atoms with Crippen molar-refractivity contribution < 1.29 is 19.4 Å². The maximum atomic E-state index is 12.5. The maximum Gasteiger partial charge on any atom is 0.311 e. The van der Waals surface area contributed by atoms with E-state index < -0.39 is 17.9 Å². The number of pyridine rings is 1. The van der Waals surface area contributed by atoms with Gasteiger partial charge in [-0.05, 0) is 12.1 Å². The van der Waals surface area contributed by atoms with Gasteiger partial charge in [-0.1, -0.05) is 0 Å². The average molecular weight is 293 g/mol. The number of carboxylic acids is 1. The van der Waals surface area contributed by atoms with Crippen LogP contribution in [0.1, 0.15) is 10.4 Å². The molecule has 0 spiro atoms. The van der Waals surface area contributed by atoms with Crippen molar-refractivity contribution in [1.29, 1.82) is 0 Å². The Balaban J connectivity index is 2.19. The molecule has 1 aliphatic heterocycles. The van der Waals surface area contributed by atoms with Crippen LogP contribution in [-0.4, -0.2) is 67.3 Å². The number of amides is 1. The molecule has 0 radical (unpaired) electrons. The predicted molar refractivity (Wildman–Crippen MR) is 76.4 cm³/mol. The van der Waals surface area contributed by atoms with E-state index in [1.54, 1.807) is 30.3 Å². The summed E-state index contributed by atoms with van der Waals surface area (Å²) < 4.78 is 5.20. The summed E-state index contributed by atoms with van der Waals surface area (Å²) in [5, 5.41) is 9.17. The standard InChI is InChI=1S/C14H19N3O4/c1-16(2)12-6-9(4-5-15-12)13(18)17(3)11-8-21-7-10(11)14(19)20/h4-6,10-11H,7-8H2,1-3H3,(H,19,20). The molecule has 2 unspecified atom stereocenters. The lowest BCUT2D eigenvalue weighted by Gasteiger charge is -2.26. The van der Waals surface area contributed by atoms with Crippen LogP contribution in [0.25, 0.3) is 0 Å². The summed E-state index contributed by atoms with van der Waals surface area (Å²) in [6.45, 7) is 0.377. The second kappa shape index (κ2) is 6.09. The molecule has 7 heteroatoms. The lowest BCUT2D eigenvalue weighted by atomic mass is 10.0. The fourth-order valence-electron chi connectivity index (χ4n) is 2.31. The Morgan fingerprint density at radius 3 is 2.67 bits per heavy atom. The van der Waals surface area contributed by atoms with Crippen molar-refractivity contribution in [3.8, 4) is 0 Å². The van der Waals surface area contributed by atoms with Gasteiger partial charge in [0.1, 0.15) is 11.7 Å². The molecule has 1 saturated heterocycles. The first-order valence-electron chi connectivity index (χ1n) is 6.63. The zero-order valence-electron chi connectivity index (χ0n) is 12.3. The summed E-state index contributed by atoms with van der Waals surface area (Å²) in [4.78, 5) is 31.1. The zero-order valence-corrected chi connectivity index (χ0v) is 12.3. The molecule has 2 heterocycles. The molecule has 1 aromatic rings. The number of hydrogen-bond acceptors (Lipinski definition) is 5. The van der Waals surface area contributed by atoms with Crippen LogP contribution in [0.3, 0.4) is 0 Å². The first-order chi connectivity index (χ1) is 9.91. The van der Waals surface area contributed by atoms with Crippen molar-refractivity contribution in [1.82, 2.24) is 9.88 Å². The highest BCUT2D eigenvalue weighted by Crippen LogP contribution is 2.21. The number of carbonyl (C=O) groups excluding carboxylic acids is 1. The van der Waals surface area contributed by atoms with Gasteiger partial charge in [0.2, 0.25) is 0 Å². The largest absolute Gasteiger partial charge is 0.481 e. The number of hydrogen-bond donors (Lipinski definition) is 1. The molecule has 1 fully saturated rings. The molecule has 1 amide bonds. The lowest BCUT2D eigenvalue weighted by Crippen LogP contribution is -2.44. The third kappa shape index (κ3) is 3.13. The Morgan fingerprint density at radius 1 is 1.33 bits per heavy atom. The molecule has 7 nitrogen and oxygen atoms in total. The van der Waals surface area contributed by atoms with E-state index in [0.717, 1.165) is 0 Å². The van der Waals surface area contributed by atoms with Crippen LogP contribution < -0.4 is 4.90 Å². The van der Waals surface area contributed by atoms with Gasteiger partial charge in [0, 0.05) is 32.9 Å². The van der Waals surface area contributed by atoms with E-state index in [0.29, 0.717) is 11.4 Å². The smallest absolute Gasteiger partial charge is 0.311 e. The van der Waals surface area contributed by atoms with Gasteiger partial charge >= 0.3 is 5.97 Å². The fourth-order valence-corrected chi connectivity index (χ4v) is 2.31. The van der Waals surface area contributed by atoms with Crippen molar-refractivity contribution in [3.63, 3.8) is 0 Å². The lowest BCUT2D eigenvalue weighted by molar-refractivity contribution is -0.142. The van der Waals surface area contributed by atoms with E-state index in [2.05, 4.69) is 4.98 Å². The first kappa shape index (κ1) is 15.2. The minimum absolute atomic E-state index is 0.136. The molecule has 114 valence electrons. The maximum absolute atomic E-state index is 12.5. The zero-order chi connectivity index (χ0) is 15.6. The summed E-state index contributed by atoms with van der Waals surface area (Å²) in [5.74, 6) is -1.19. The Hall–Kier alpha value is -2.15. The summed E-state index contributed by atoms with van der Waals surface area (Å²) >= 11 is 0. The van der Waals surface area contributed by atoms with E-state index in [-0.39, 0.29) is 19.1 Å². The molecule has 2 atom stereocenters. The molecule has 0 saturated carbocycles. The van der Waals surface area contributed by atoms with Crippen LogP contribution >= 0.6 is 0 Å². The highest BCUT2D eigenvalue weighted by molar-refractivity contribution is 5.95. The molecule has 1 aliphatic rings. The van der Waals surface area contributed by atoms with Gasteiger partial charge in [0.25, 0.3) is 5.91 Å². The normalized spacial score (nSPS) is 21.1. The number of aromatic nitrogens is 1. The number of anilines is 1. The number of ether oxygens (including phenoxy) is 1. The monoisotopic (exact) mass is 293 g/mol. The minimum atomic E-state index is -0.944. The van der Waals surface area contributed by atoms with Crippen LogP contribution in [0, 0.1) is 5.92 Å². The number of rotatable bonds is 4. The summed E-state index contributed by atoms with van der Waals surface area (Å²) in [6, 6.07) is 2.85. The Labute approximate surface area is 123 Å². The van der Waals surface area contributed by atoms with Gasteiger partial charge < -0.3 is 19.6 Å². The highest BCUT2D eigenvalue weighted by Gasteiger charge is 2.38. The van der Waals surface area contributed by atoms with E-state index in [9.17, 15) is 9.59 Å². The Bertz CT molecular complexity index is 547. The third-order valence-electron chi connectivity index (χ3n) is 3.64. The molecule has 2 rings (SSSR count). The summed E-state index contributed by atoms with van der Waals surface area (Å²) in [6.07, 6.45) is 1.57. The van der Waals surface area contributed by atoms with E-state index in [4.69, 9.17) is 9.84 Å². The second-order valence-electron chi connectivity index (χ2n) is 5.26. The first-order valence-corrected chi connectivity index (χ1v) is 6.63. The van der Waals surface area contributed by atoms with Crippen LogP contribution in [0.15, 0.2) is 18.3 Å². The molecular formula is C14H19N3O4. The number of carbonyl (C=O) groups is 2. The summed E-state index contributed by atoms with van der Waals surface area (Å²) in [7, 11) is 5.28. The van der Waals surface area contributed by atoms with Crippen molar-refractivity contribution in [2.45, 2.75) is 6.04 Å². The van der Waals surface area contributed by atoms with Gasteiger partial charge in [-0.15, -0.1) is 0 Å². The van der Waals surface area contributed by atoms with Crippen molar-refractivity contribution in [2.75, 3.05) is 39.3 Å². The van der Waals surface area contributed by atoms with Gasteiger partial charge in [-0.3, -0.25) is 9.59 Å². The number of nitrogens with zero attached hydrogens (tertiary/aromatic N) is 3. The van der Waals surface area contributed by atoms with Crippen molar-refractivity contribution in [3.05, 3.63) is 23.9 Å². The van der Waals surface area contributed by atoms with Crippen LogP contribution in [-0.2, 0) is 9.53 Å². The molecular weight excluding hydrogens is 274 g/mol. The Kier molecular flexibility index (Phi) is 4.42. The van der Waals surface area contributed by atoms with Gasteiger partial charge in [-0.2, -0.15) is 0 Å². The molecule has 1 N–H and O–H groups in total. The topological polar surface area (TPSA) is 83.0 Å². The molecule has 0 aliphatic carbocycles. The molecule has 1 aromatic heterocycles. The average Bonchev–Trinajstić information content (AvgIpc) is 2.95. The molecule has 0 aromatic carbocycles. The van der Waals surface area contributed by atoms with Gasteiger partial charge in [-0.25, -0.2) is 4.98 Å². The predicted octanol–water partition coefficient (Wildman–Crippen LogP) is 0.319. The number of aliphatic carboxylic acids is 1. The Morgan fingerprint density at radius 2 is 2.05 bits per heavy atom. The van der Waals surface area contributed by atoms with Crippen molar-refractivity contribution >= 4 is 17.7 Å². The quantitative estimate of drug-likeness (QED) is 0.861. The SMILES string of the molecule is CN(C)c1cc(C(=O)N(C)C2COCC2C(=O)O)ccn1. The van der Waals surface area contributed by atoms with Crippen LogP contribution in [0.4, 0.5) is 5.82 Å². The van der Waals surface area contributed by atoms with E-state index in [1.165, 1.54) is 4.90 Å². The van der Waals surface area contributed by atoms with Crippen LogP contribution in [0.2, 0.25) is 0 Å². The van der Waals surface area contributed by atoms with Gasteiger partial charge in [0.15, 0.2) is 0 Å². The van der Waals surface area contributed by atoms with Crippen LogP contribution in [0.5, 0.6) is 0 Å². The van der Waals surface area contributed by atoms with E-state index in [1.807, 2.05) is 14.1 Å². The minimum Gasteiger partial charge on any atom is -0.481 e. The fraction of sp³-hybridized carbons (Fsp3) is 0.500.